The van der Waals surface area contributed by atoms with Crippen LogP contribution >= 0.6 is 12.2 Å². The van der Waals surface area contributed by atoms with Crippen molar-refractivity contribution in [3.63, 3.8) is 0 Å². The molecule has 2 N–H and O–H groups in total. The van der Waals surface area contributed by atoms with Crippen molar-refractivity contribution in [2.45, 2.75) is 52.6 Å². The molecule has 0 aliphatic rings. The molecule has 0 radical (unpaired) electrons. The number of thiocarbonyl (C=S) groups is 1. The predicted molar refractivity (Wildman–Crippen MR) is 74.0 cm³/mol. The molecule has 0 aliphatic carbocycles. The summed E-state index contributed by atoms with van der Waals surface area (Å²) in [5.74, 6) is -0.161. The van der Waals surface area contributed by atoms with Crippen molar-refractivity contribution in [2.24, 2.45) is 5.73 Å². The number of nitrogens with two attached hydrogens (primary N) is 1. The van der Waals surface area contributed by atoms with Crippen LogP contribution in [0.1, 0.15) is 40.5 Å². The fourth-order valence-electron chi connectivity index (χ4n) is 1.79. The zero-order valence-electron chi connectivity index (χ0n) is 11.2. The van der Waals surface area contributed by atoms with Gasteiger partial charge in [-0.2, -0.15) is 0 Å². The summed E-state index contributed by atoms with van der Waals surface area (Å²) >= 11 is 4.88. The van der Waals surface area contributed by atoms with Crippen molar-refractivity contribution in [3.8, 4) is 0 Å². The second-order valence-electron chi connectivity index (χ2n) is 4.22. The van der Waals surface area contributed by atoms with Gasteiger partial charge in [-0.15, -0.1) is 0 Å². The van der Waals surface area contributed by atoms with Crippen molar-refractivity contribution < 1.29 is 9.53 Å². The summed E-state index contributed by atoms with van der Waals surface area (Å²) in [4.78, 5) is 14.4. The van der Waals surface area contributed by atoms with Gasteiger partial charge in [-0.3, -0.25) is 9.69 Å². The van der Waals surface area contributed by atoms with Crippen LogP contribution in [0.2, 0.25) is 0 Å². The molecular weight excluding hydrogens is 236 g/mol. The van der Waals surface area contributed by atoms with Crippen LogP contribution in [0, 0.1) is 0 Å². The maximum absolute atomic E-state index is 11.8. The van der Waals surface area contributed by atoms with Crippen molar-refractivity contribution in [1.82, 2.24) is 4.90 Å². The van der Waals surface area contributed by atoms with Gasteiger partial charge < -0.3 is 10.5 Å². The first-order chi connectivity index (χ1) is 7.93. The molecule has 0 amide bonds. The Balaban J connectivity index is 4.62. The normalized spacial score (nSPS) is 12.8. The minimum Gasteiger partial charge on any atom is -0.465 e. The lowest BCUT2D eigenvalue weighted by atomic mass is 10.1. The van der Waals surface area contributed by atoms with E-state index in [9.17, 15) is 4.79 Å². The number of carbonyl (C=O) groups excluding carboxylic acids is 1. The zero-order valence-corrected chi connectivity index (χ0v) is 12.0. The Hall–Kier alpha value is -0.680. The van der Waals surface area contributed by atoms with E-state index in [0.717, 1.165) is 6.42 Å². The highest BCUT2D eigenvalue weighted by atomic mass is 32.1. The quantitative estimate of drug-likeness (QED) is 0.532. The first-order valence-electron chi connectivity index (χ1n) is 6.14. The van der Waals surface area contributed by atoms with Gasteiger partial charge in [0.05, 0.1) is 11.6 Å². The van der Waals surface area contributed by atoms with Gasteiger partial charge in [-0.05, 0) is 27.2 Å². The summed E-state index contributed by atoms with van der Waals surface area (Å²) in [7, 11) is 0. The fraction of sp³-hybridized carbons (Fsp3) is 0.833. The Bertz CT molecular complexity index is 257. The Labute approximate surface area is 109 Å². The molecule has 0 saturated carbocycles. The van der Waals surface area contributed by atoms with Gasteiger partial charge in [-0.25, -0.2) is 0 Å². The molecule has 0 aromatic heterocycles. The molecule has 0 aromatic rings. The van der Waals surface area contributed by atoms with Crippen LogP contribution in [-0.2, 0) is 9.53 Å². The Morgan fingerprint density at radius 2 is 2.00 bits per heavy atom. The number of ether oxygens (including phenoxy) is 1. The maximum Gasteiger partial charge on any atom is 0.323 e. The molecule has 0 bridgehead atoms. The van der Waals surface area contributed by atoms with Crippen LogP contribution in [0.3, 0.4) is 0 Å². The molecule has 0 saturated heterocycles. The molecule has 0 heterocycles. The van der Waals surface area contributed by atoms with Gasteiger partial charge in [0.2, 0.25) is 0 Å². The van der Waals surface area contributed by atoms with Crippen molar-refractivity contribution in [1.29, 1.82) is 0 Å². The van der Waals surface area contributed by atoms with Crippen LogP contribution in [0.15, 0.2) is 0 Å². The number of nitrogens with zero attached hydrogens (tertiary/aromatic N) is 1. The molecule has 0 aliphatic heterocycles. The minimum absolute atomic E-state index is 0.161. The van der Waals surface area contributed by atoms with Gasteiger partial charge in [0, 0.05) is 19.0 Å². The van der Waals surface area contributed by atoms with E-state index < -0.39 is 0 Å². The Morgan fingerprint density at radius 1 is 1.41 bits per heavy atom. The first-order valence-corrected chi connectivity index (χ1v) is 6.55. The molecular formula is C12H24N2O2S. The lowest BCUT2D eigenvalue weighted by Gasteiger charge is -2.32. The topological polar surface area (TPSA) is 55.6 Å². The maximum atomic E-state index is 11.8. The SMILES string of the molecule is CCOC(=O)C(CC)N(CCC(N)=S)C(C)C. The molecule has 100 valence electrons. The average molecular weight is 260 g/mol. The second kappa shape index (κ2) is 8.42. The molecule has 4 nitrogen and oxygen atoms in total. The zero-order chi connectivity index (χ0) is 13.4. The van der Waals surface area contributed by atoms with Gasteiger partial charge in [0.25, 0.3) is 0 Å². The smallest absolute Gasteiger partial charge is 0.323 e. The third-order valence-electron chi connectivity index (χ3n) is 2.63. The van der Waals surface area contributed by atoms with Gasteiger partial charge >= 0.3 is 5.97 Å². The number of hydrogen-bond donors (Lipinski definition) is 1. The number of hydrogen-bond acceptors (Lipinski definition) is 4. The van der Waals surface area contributed by atoms with Crippen LogP contribution in [0.25, 0.3) is 0 Å². The fourth-order valence-corrected chi connectivity index (χ4v) is 1.88. The van der Waals surface area contributed by atoms with E-state index in [4.69, 9.17) is 22.7 Å². The lowest BCUT2D eigenvalue weighted by molar-refractivity contribution is -0.150. The summed E-state index contributed by atoms with van der Waals surface area (Å²) < 4.78 is 5.09. The standard InChI is InChI=1S/C12H24N2O2S/c1-5-10(12(15)16-6-2)14(9(3)4)8-7-11(13)17/h9-10H,5-8H2,1-4H3,(H2,13,17). The largest absolute Gasteiger partial charge is 0.465 e. The van der Waals surface area contributed by atoms with Crippen LogP contribution in [0.5, 0.6) is 0 Å². The van der Waals surface area contributed by atoms with Crippen LogP contribution < -0.4 is 5.73 Å². The number of carbonyl (C=O) groups is 1. The van der Waals surface area contributed by atoms with Gasteiger partial charge in [0.1, 0.15) is 6.04 Å². The van der Waals surface area contributed by atoms with Crippen LogP contribution in [0.4, 0.5) is 0 Å². The summed E-state index contributed by atoms with van der Waals surface area (Å²) in [6.45, 7) is 9.03. The summed E-state index contributed by atoms with van der Waals surface area (Å²) in [6.07, 6.45) is 1.36. The molecule has 1 unspecified atom stereocenters. The van der Waals surface area contributed by atoms with E-state index in [1.54, 1.807) is 0 Å². The van der Waals surface area contributed by atoms with E-state index in [0.29, 0.717) is 24.6 Å². The van der Waals surface area contributed by atoms with Crippen molar-refractivity contribution in [2.75, 3.05) is 13.2 Å². The Morgan fingerprint density at radius 3 is 2.35 bits per heavy atom. The highest BCUT2D eigenvalue weighted by molar-refractivity contribution is 7.80. The van der Waals surface area contributed by atoms with Crippen LogP contribution in [-0.4, -0.2) is 41.1 Å². The minimum atomic E-state index is -0.204. The average Bonchev–Trinajstić information content (AvgIpc) is 2.23. The molecule has 0 rings (SSSR count). The lowest BCUT2D eigenvalue weighted by Crippen LogP contribution is -2.46. The van der Waals surface area contributed by atoms with E-state index in [1.807, 2.05) is 13.8 Å². The highest BCUT2D eigenvalue weighted by Gasteiger charge is 2.27. The molecule has 1 atom stereocenters. The molecule has 0 aromatic carbocycles. The molecule has 0 spiro atoms. The molecule has 17 heavy (non-hydrogen) atoms. The monoisotopic (exact) mass is 260 g/mol. The van der Waals surface area contributed by atoms with Gasteiger partial charge in [-0.1, -0.05) is 19.1 Å². The Kier molecular flexibility index (Phi) is 8.08. The predicted octanol–water partition coefficient (Wildman–Crippen LogP) is 1.71. The van der Waals surface area contributed by atoms with Gasteiger partial charge in [0.15, 0.2) is 0 Å². The highest BCUT2D eigenvalue weighted by Crippen LogP contribution is 2.12. The first kappa shape index (κ1) is 16.3. The van der Waals surface area contributed by atoms with E-state index in [-0.39, 0.29) is 18.1 Å². The third kappa shape index (κ3) is 5.98. The summed E-state index contributed by atoms with van der Waals surface area (Å²) in [5, 5.41) is 0. The second-order valence-corrected chi connectivity index (χ2v) is 4.75. The number of rotatable bonds is 8. The number of esters is 1. The summed E-state index contributed by atoms with van der Waals surface area (Å²) in [6, 6.07) is 0.0583. The third-order valence-corrected chi connectivity index (χ3v) is 2.83. The summed E-state index contributed by atoms with van der Waals surface area (Å²) in [5.41, 5.74) is 5.51. The van der Waals surface area contributed by atoms with E-state index in [2.05, 4.69) is 18.7 Å². The van der Waals surface area contributed by atoms with Crippen molar-refractivity contribution >= 4 is 23.2 Å². The molecule has 5 heteroatoms. The molecule has 0 fully saturated rings. The van der Waals surface area contributed by atoms with Crippen molar-refractivity contribution in [3.05, 3.63) is 0 Å². The van der Waals surface area contributed by atoms with E-state index in [1.165, 1.54) is 0 Å². The van der Waals surface area contributed by atoms with E-state index >= 15 is 0 Å².